The van der Waals surface area contributed by atoms with Gasteiger partial charge in [0, 0.05) is 26.2 Å². The molecule has 174 valence electrons. The van der Waals surface area contributed by atoms with E-state index >= 15 is 0 Å². The smallest absolute Gasteiger partial charge is 0.253 e. The summed E-state index contributed by atoms with van der Waals surface area (Å²) in [5, 5.41) is 3.20. The van der Waals surface area contributed by atoms with E-state index < -0.39 is 15.9 Å². The van der Waals surface area contributed by atoms with Crippen LogP contribution in [0.1, 0.15) is 40.9 Å². The summed E-state index contributed by atoms with van der Waals surface area (Å²) in [5.41, 5.74) is 2.05. The lowest BCUT2D eigenvalue weighted by molar-refractivity contribution is 0.0935. The van der Waals surface area contributed by atoms with Gasteiger partial charge in [-0.2, -0.15) is 4.31 Å². The van der Waals surface area contributed by atoms with Crippen molar-refractivity contribution in [3.05, 3.63) is 58.1 Å². The Kier molecular flexibility index (Phi) is 7.82. The van der Waals surface area contributed by atoms with Gasteiger partial charge in [-0.05, 0) is 55.8 Å². The summed E-state index contributed by atoms with van der Waals surface area (Å²) in [6, 6.07) is 9.81. The number of halogens is 1. The van der Waals surface area contributed by atoms with Crippen molar-refractivity contribution in [2.45, 2.75) is 31.2 Å². The Morgan fingerprint density at radius 3 is 2.44 bits per heavy atom. The Morgan fingerprint density at radius 2 is 1.84 bits per heavy atom. The van der Waals surface area contributed by atoms with Gasteiger partial charge in [0.15, 0.2) is 0 Å². The SMILES string of the molecule is CCC(NC(=O)c1cc(S(=O)(=O)N2CCN(C)CC2)ccc1Cl)c1ccc(OC)c(C)c1. The number of carbonyl (C=O) groups excluding carboxylic acids is 1. The van der Waals surface area contributed by atoms with Gasteiger partial charge < -0.3 is 15.0 Å². The topological polar surface area (TPSA) is 79.0 Å². The molecule has 0 aromatic heterocycles. The number of likely N-dealkylation sites (N-methyl/N-ethyl adjacent to an activating group) is 1. The standard InChI is InChI=1S/C23H30ClN3O4S/c1-5-21(17-6-9-22(31-4)16(2)14-17)25-23(28)19-15-18(7-8-20(19)24)32(29,30)27-12-10-26(3)11-13-27/h6-9,14-15,21H,5,10-13H2,1-4H3,(H,25,28). The highest BCUT2D eigenvalue weighted by molar-refractivity contribution is 7.89. The number of rotatable bonds is 7. The molecule has 1 N–H and O–H groups in total. The van der Waals surface area contributed by atoms with Crippen molar-refractivity contribution in [2.24, 2.45) is 0 Å². The second-order valence-electron chi connectivity index (χ2n) is 8.01. The average Bonchev–Trinajstić information content (AvgIpc) is 2.77. The minimum atomic E-state index is -3.70. The van der Waals surface area contributed by atoms with Crippen LogP contribution in [0.25, 0.3) is 0 Å². The Balaban J connectivity index is 1.84. The van der Waals surface area contributed by atoms with Crippen molar-refractivity contribution in [1.82, 2.24) is 14.5 Å². The van der Waals surface area contributed by atoms with Crippen molar-refractivity contribution >= 4 is 27.5 Å². The maximum absolute atomic E-state index is 13.1. The molecule has 3 rings (SSSR count). The third kappa shape index (κ3) is 5.26. The van der Waals surface area contributed by atoms with Crippen LogP contribution in [0.3, 0.4) is 0 Å². The van der Waals surface area contributed by atoms with Crippen molar-refractivity contribution < 1.29 is 17.9 Å². The summed E-state index contributed by atoms with van der Waals surface area (Å²) in [6.45, 7) is 6.08. The number of benzene rings is 2. The number of amides is 1. The molecule has 0 spiro atoms. The van der Waals surface area contributed by atoms with Crippen LogP contribution in [0.2, 0.25) is 5.02 Å². The number of piperazine rings is 1. The number of aryl methyl sites for hydroxylation is 1. The van der Waals surface area contributed by atoms with Crippen LogP contribution in [0.4, 0.5) is 0 Å². The molecule has 0 radical (unpaired) electrons. The normalized spacial score (nSPS) is 16.5. The molecule has 0 bridgehead atoms. The summed E-state index contributed by atoms with van der Waals surface area (Å²) in [7, 11) is -0.125. The van der Waals surface area contributed by atoms with E-state index in [1.807, 2.05) is 39.1 Å². The van der Waals surface area contributed by atoms with Crippen LogP contribution in [-0.2, 0) is 10.0 Å². The maximum atomic E-state index is 13.1. The van der Waals surface area contributed by atoms with E-state index in [2.05, 4.69) is 10.2 Å². The van der Waals surface area contributed by atoms with E-state index in [-0.39, 0.29) is 21.5 Å². The predicted octanol–water partition coefficient (Wildman–Crippen LogP) is 3.47. The number of hydrogen-bond donors (Lipinski definition) is 1. The fraction of sp³-hybridized carbons (Fsp3) is 0.435. The molecular weight excluding hydrogens is 450 g/mol. The van der Waals surface area contributed by atoms with E-state index in [1.165, 1.54) is 22.5 Å². The predicted molar refractivity (Wildman–Crippen MR) is 126 cm³/mol. The van der Waals surface area contributed by atoms with E-state index in [0.29, 0.717) is 32.6 Å². The van der Waals surface area contributed by atoms with Gasteiger partial charge in [0.2, 0.25) is 10.0 Å². The lowest BCUT2D eigenvalue weighted by atomic mass is 10.0. The van der Waals surface area contributed by atoms with Crippen LogP contribution >= 0.6 is 11.6 Å². The van der Waals surface area contributed by atoms with Crippen LogP contribution in [0.15, 0.2) is 41.3 Å². The van der Waals surface area contributed by atoms with Crippen LogP contribution < -0.4 is 10.1 Å². The number of hydrogen-bond acceptors (Lipinski definition) is 5. The lowest BCUT2D eigenvalue weighted by Gasteiger charge is -2.31. The van der Waals surface area contributed by atoms with Crippen molar-refractivity contribution in [1.29, 1.82) is 0 Å². The van der Waals surface area contributed by atoms with Gasteiger partial charge in [0.1, 0.15) is 5.75 Å². The highest BCUT2D eigenvalue weighted by Crippen LogP contribution is 2.27. The Labute approximate surface area is 195 Å². The second-order valence-corrected chi connectivity index (χ2v) is 10.4. The molecule has 1 heterocycles. The molecule has 32 heavy (non-hydrogen) atoms. The molecule has 2 aromatic rings. The van der Waals surface area contributed by atoms with Crippen LogP contribution in [-0.4, -0.2) is 63.9 Å². The second kappa shape index (κ2) is 10.2. The van der Waals surface area contributed by atoms with E-state index in [4.69, 9.17) is 16.3 Å². The molecule has 0 saturated carbocycles. The number of methoxy groups -OCH3 is 1. The molecule has 9 heteroatoms. The molecule has 1 atom stereocenters. The molecular formula is C23H30ClN3O4S. The zero-order valence-corrected chi connectivity index (χ0v) is 20.5. The Hall–Kier alpha value is -2.13. The number of nitrogens with zero attached hydrogens (tertiary/aromatic N) is 2. The third-order valence-electron chi connectivity index (χ3n) is 5.82. The quantitative estimate of drug-likeness (QED) is 0.657. The maximum Gasteiger partial charge on any atom is 0.253 e. The average molecular weight is 480 g/mol. The molecule has 1 fully saturated rings. The largest absolute Gasteiger partial charge is 0.496 e. The third-order valence-corrected chi connectivity index (χ3v) is 8.04. The molecule has 1 unspecified atom stereocenters. The number of sulfonamides is 1. The van der Waals surface area contributed by atoms with Gasteiger partial charge >= 0.3 is 0 Å². The minimum absolute atomic E-state index is 0.0740. The fourth-order valence-electron chi connectivity index (χ4n) is 3.79. The van der Waals surface area contributed by atoms with Crippen molar-refractivity contribution in [3.8, 4) is 5.75 Å². The number of ether oxygens (including phenoxy) is 1. The van der Waals surface area contributed by atoms with Crippen LogP contribution in [0.5, 0.6) is 5.75 Å². The van der Waals surface area contributed by atoms with E-state index in [0.717, 1.165) is 16.9 Å². The zero-order valence-electron chi connectivity index (χ0n) is 18.9. The van der Waals surface area contributed by atoms with Gasteiger partial charge in [0.25, 0.3) is 5.91 Å². The highest BCUT2D eigenvalue weighted by atomic mass is 35.5. The molecule has 2 aromatic carbocycles. The number of nitrogens with one attached hydrogen (secondary N) is 1. The molecule has 0 aliphatic carbocycles. The van der Waals surface area contributed by atoms with Gasteiger partial charge in [-0.1, -0.05) is 30.7 Å². The van der Waals surface area contributed by atoms with E-state index in [9.17, 15) is 13.2 Å². The summed E-state index contributed by atoms with van der Waals surface area (Å²) in [6.07, 6.45) is 0.661. The summed E-state index contributed by atoms with van der Waals surface area (Å²) in [4.78, 5) is 15.2. The highest BCUT2D eigenvalue weighted by Gasteiger charge is 2.29. The van der Waals surface area contributed by atoms with Gasteiger partial charge in [-0.3, -0.25) is 4.79 Å². The Morgan fingerprint density at radius 1 is 1.16 bits per heavy atom. The zero-order chi connectivity index (χ0) is 23.5. The van der Waals surface area contributed by atoms with Crippen LogP contribution in [0, 0.1) is 6.92 Å². The molecule has 1 amide bonds. The van der Waals surface area contributed by atoms with Crippen molar-refractivity contribution in [3.63, 3.8) is 0 Å². The first-order chi connectivity index (χ1) is 15.2. The first-order valence-corrected chi connectivity index (χ1v) is 12.4. The Bertz CT molecular complexity index is 1080. The molecule has 1 aliphatic heterocycles. The summed E-state index contributed by atoms with van der Waals surface area (Å²) >= 11 is 6.29. The van der Waals surface area contributed by atoms with E-state index in [1.54, 1.807) is 7.11 Å². The van der Waals surface area contributed by atoms with Gasteiger partial charge in [-0.25, -0.2) is 8.42 Å². The molecule has 1 saturated heterocycles. The molecule has 1 aliphatic rings. The number of carbonyl (C=O) groups is 1. The summed E-state index contributed by atoms with van der Waals surface area (Å²) in [5.74, 6) is 0.366. The first kappa shape index (κ1) is 24.5. The minimum Gasteiger partial charge on any atom is -0.496 e. The lowest BCUT2D eigenvalue weighted by Crippen LogP contribution is -2.47. The fourth-order valence-corrected chi connectivity index (χ4v) is 5.44. The summed E-state index contributed by atoms with van der Waals surface area (Å²) < 4.78 is 33.0. The van der Waals surface area contributed by atoms with Crippen molar-refractivity contribution in [2.75, 3.05) is 40.3 Å². The van der Waals surface area contributed by atoms with Gasteiger partial charge in [-0.15, -0.1) is 0 Å². The monoisotopic (exact) mass is 479 g/mol. The van der Waals surface area contributed by atoms with Gasteiger partial charge in [0.05, 0.1) is 28.6 Å². The molecule has 7 nitrogen and oxygen atoms in total. The first-order valence-electron chi connectivity index (χ1n) is 10.6.